The molecule has 7 unspecified atom stereocenters. The molecule has 1 aromatic rings. The van der Waals surface area contributed by atoms with Gasteiger partial charge in [0.2, 0.25) is 0 Å². The van der Waals surface area contributed by atoms with Crippen LogP contribution < -0.4 is 0 Å². The molecule has 1 amide bonds. The molecule has 376 valence electrons. The summed E-state index contributed by atoms with van der Waals surface area (Å²) in [5, 5.41) is 28.0. The number of hydrogen-bond acceptors (Lipinski definition) is 16. The number of benzene rings is 1. The minimum absolute atomic E-state index is 0.0184. The van der Waals surface area contributed by atoms with Gasteiger partial charge >= 0.3 is 62.5 Å². The predicted molar refractivity (Wildman–Crippen MR) is 195 cm³/mol. The molecule has 4 aliphatic rings. The molecule has 33 heteroatoms. The number of hydroxylamine groups is 2. The predicted octanol–water partition coefficient (Wildman–Crippen LogP) is 5.38. The number of carbonyl (C=O) groups excluding carboxylic acids is 1. The lowest BCUT2D eigenvalue weighted by molar-refractivity contribution is -0.0714. The lowest BCUT2D eigenvalue weighted by Gasteiger charge is -2.32. The van der Waals surface area contributed by atoms with Gasteiger partial charge in [0.15, 0.2) is 0 Å². The summed E-state index contributed by atoms with van der Waals surface area (Å²) >= 11 is 0. The van der Waals surface area contributed by atoms with Crippen LogP contribution in [0.15, 0.2) is 43.5 Å². The molecule has 1 aromatic carbocycles. The van der Waals surface area contributed by atoms with Crippen molar-refractivity contribution in [3.8, 4) is 0 Å². The number of halogens is 12. The molecule has 17 nitrogen and oxygen atoms in total. The fourth-order valence-corrected chi connectivity index (χ4v) is 8.28. The van der Waals surface area contributed by atoms with E-state index in [2.05, 4.69) is 30.0 Å². The van der Waals surface area contributed by atoms with Crippen LogP contribution >= 0.6 is 0 Å². The Hall–Kier alpha value is -3.15. The molecular weight excluding hydrogens is 1010 g/mol. The van der Waals surface area contributed by atoms with Crippen molar-refractivity contribution in [2.75, 3.05) is 0 Å². The maximum absolute atomic E-state index is 12.2. The summed E-state index contributed by atoms with van der Waals surface area (Å²) in [6.07, 6.45) is -2.53. The quantitative estimate of drug-likeness (QED) is 0.121. The minimum atomic E-state index is -5.92. The first-order valence-electron chi connectivity index (χ1n) is 18.1. The van der Waals surface area contributed by atoms with E-state index in [-0.39, 0.29) is 54.0 Å². The Bertz CT molecular complexity index is 2230. The first kappa shape index (κ1) is 58.0. The number of amides is 1. The minimum Gasteiger partial charge on any atom is -0.390 e. The lowest BCUT2D eigenvalue weighted by atomic mass is 9.85. The SMILES string of the molecule is C=C1c2ccccc2C(=O)N1OS(=O)(=O)C(F)(F)F.C=CC1CCCC(OS(=O)(=O)C(F)(F)F)C1O.O=S(=O)(OC1CCCC1O)C(F)(F)F.O=S(=O)(OC1CCCCC1O)C(F)(F)F. The summed E-state index contributed by atoms with van der Waals surface area (Å²) in [5.74, 6) is -1.47. The van der Waals surface area contributed by atoms with Crippen LogP contribution in [0.3, 0.4) is 0 Å². The van der Waals surface area contributed by atoms with Crippen LogP contribution in [-0.2, 0) is 57.3 Å². The van der Waals surface area contributed by atoms with Gasteiger partial charge in [-0.2, -0.15) is 91.4 Å². The van der Waals surface area contributed by atoms with E-state index in [1.165, 1.54) is 30.3 Å². The second kappa shape index (κ2) is 21.9. The van der Waals surface area contributed by atoms with Gasteiger partial charge in [-0.1, -0.05) is 50.1 Å². The van der Waals surface area contributed by atoms with Crippen molar-refractivity contribution >= 4 is 52.1 Å². The third-order valence-corrected chi connectivity index (χ3v) is 13.3. The van der Waals surface area contributed by atoms with E-state index in [0.717, 1.165) is 0 Å². The van der Waals surface area contributed by atoms with E-state index in [4.69, 9.17) is 5.11 Å². The molecule has 3 saturated carbocycles. The first-order valence-corrected chi connectivity index (χ1v) is 23.7. The molecule has 65 heavy (non-hydrogen) atoms. The van der Waals surface area contributed by atoms with E-state index in [1.807, 2.05) is 0 Å². The van der Waals surface area contributed by atoms with Crippen LogP contribution in [0.2, 0.25) is 0 Å². The van der Waals surface area contributed by atoms with Crippen LogP contribution in [0.25, 0.3) is 5.70 Å². The average molecular weight is 1050 g/mol. The van der Waals surface area contributed by atoms with Crippen LogP contribution in [0, 0.1) is 5.92 Å². The van der Waals surface area contributed by atoms with E-state index in [9.17, 15) is 101 Å². The molecule has 5 rings (SSSR count). The summed E-state index contributed by atoms with van der Waals surface area (Å²) < 4.78 is 245. The maximum atomic E-state index is 12.2. The third kappa shape index (κ3) is 15.4. The van der Waals surface area contributed by atoms with Gasteiger partial charge in [-0.25, -0.2) is 0 Å². The molecule has 0 aromatic heterocycles. The second-order valence-electron chi connectivity index (χ2n) is 13.8. The molecule has 7 atom stereocenters. The van der Waals surface area contributed by atoms with E-state index >= 15 is 0 Å². The highest BCUT2D eigenvalue weighted by Crippen LogP contribution is 2.37. The molecule has 3 N–H and O–H groups in total. The van der Waals surface area contributed by atoms with Gasteiger partial charge < -0.3 is 15.3 Å². The number of nitrogens with zero attached hydrogens (tertiary/aromatic N) is 1. The zero-order valence-electron chi connectivity index (χ0n) is 32.7. The van der Waals surface area contributed by atoms with Crippen molar-refractivity contribution in [3.05, 3.63) is 54.6 Å². The number of carbonyl (C=O) groups is 1. The largest absolute Gasteiger partial charge is 0.525 e. The molecule has 0 radical (unpaired) electrons. The number of fused-ring (bicyclic) bond motifs is 1. The van der Waals surface area contributed by atoms with Crippen LogP contribution in [-0.4, -0.2) is 119 Å². The van der Waals surface area contributed by atoms with Crippen molar-refractivity contribution in [3.63, 3.8) is 0 Å². The second-order valence-corrected chi connectivity index (χ2v) is 20.1. The van der Waals surface area contributed by atoms with Crippen molar-refractivity contribution in [2.45, 2.75) is 123 Å². The Morgan fingerprint density at radius 2 is 0.908 bits per heavy atom. The average Bonchev–Trinajstić information content (AvgIpc) is 3.66. The normalized spacial score (nSPS) is 25.8. The summed E-state index contributed by atoms with van der Waals surface area (Å²) in [5.41, 5.74) is -22.0. The Kier molecular flexibility index (Phi) is 19.5. The number of alkyl halides is 12. The highest BCUT2D eigenvalue weighted by Gasteiger charge is 2.53. The molecule has 1 heterocycles. The van der Waals surface area contributed by atoms with Crippen LogP contribution in [0.5, 0.6) is 0 Å². The van der Waals surface area contributed by atoms with Gasteiger partial charge in [0.25, 0.3) is 5.91 Å². The smallest absolute Gasteiger partial charge is 0.390 e. The van der Waals surface area contributed by atoms with E-state index < -0.39 is 111 Å². The number of rotatable bonds is 9. The summed E-state index contributed by atoms with van der Waals surface area (Å²) in [4.78, 5) is 11.7. The van der Waals surface area contributed by atoms with Crippen LogP contribution in [0.4, 0.5) is 52.7 Å². The number of aliphatic hydroxyl groups is 3. The molecule has 3 fully saturated rings. The summed E-state index contributed by atoms with van der Waals surface area (Å²) in [7, 11) is -22.7. The lowest BCUT2D eigenvalue weighted by Crippen LogP contribution is -2.42. The van der Waals surface area contributed by atoms with Gasteiger partial charge in [0.05, 0.1) is 29.6 Å². The van der Waals surface area contributed by atoms with Crippen molar-refractivity contribution in [2.24, 2.45) is 5.92 Å². The Morgan fingerprint density at radius 1 is 0.554 bits per heavy atom. The zero-order valence-corrected chi connectivity index (χ0v) is 35.9. The Labute approximate surface area is 363 Å². The molecule has 3 aliphatic carbocycles. The fourth-order valence-electron chi connectivity index (χ4n) is 5.88. The van der Waals surface area contributed by atoms with Crippen LogP contribution in [0.1, 0.15) is 80.1 Å². The number of hydrogen-bond donors (Lipinski definition) is 3. The van der Waals surface area contributed by atoms with Gasteiger partial charge in [-0.3, -0.25) is 17.3 Å². The Balaban J connectivity index is 0.000000300. The summed E-state index contributed by atoms with van der Waals surface area (Å²) in [6, 6.07) is 5.75. The molecule has 0 saturated heterocycles. The molecule has 0 bridgehead atoms. The molecule has 0 spiro atoms. The fraction of sp³-hybridized carbons (Fsp3) is 0.656. The monoisotopic (exact) mass is 1050 g/mol. The Morgan fingerprint density at radius 3 is 1.29 bits per heavy atom. The summed E-state index contributed by atoms with van der Waals surface area (Å²) in [6.45, 7) is 6.77. The van der Waals surface area contributed by atoms with E-state index in [1.54, 1.807) is 0 Å². The van der Waals surface area contributed by atoms with Gasteiger partial charge in [0, 0.05) is 11.5 Å². The zero-order chi connectivity index (χ0) is 50.4. The van der Waals surface area contributed by atoms with Gasteiger partial charge in [-0.15, -0.1) is 10.9 Å². The maximum Gasteiger partial charge on any atom is 0.525 e. The molecular formula is C32H39F12NO16S4. The van der Waals surface area contributed by atoms with Gasteiger partial charge in [-0.05, 0) is 51.0 Å². The highest BCUT2D eigenvalue weighted by atomic mass is 32.2. The first-order chi connectivity index (χ1) is 29.3. The van der Waals surface area contributed by atoms with Gasteiger partial charge in [0.1, 0.15) is 18.3 Å². The van der Waals surface area contributed by atoms with Crippen molar-refractivity contribution in [1.29, 1.82) is 0 Å². The standard InChI is InChI=1S/C10H6F3NO4S.C9H13F3O4S.C7H11F3O4S.C6H9F3O4S/c1-6-7-4-2-3-5-8(7)9(15)14(6)18-19(16,17)10(11,12)13;1-2-6-4-3-5-7(8(6)13)16-17(14,15)9(10,11)12;8-7(9,10)15(12,13)14-6-4-2-1-3-5(6)11;7-6(8,9)14(11,12)13-5-3-1-2-4(5)10/h2-5H,1H2;2,6-8,13H,1,3-5H2;5-6,11H,1-4H2;4-5,10H,1-3H2. The molecule has 1 aliphatic heterocycles. The van der Waals surface area contributed by atoms with Crippen molar-refractivity contribution < 1.29 is 123 Å². The van der Waals surface area contributed by atoms with E-state index in [0.29, 0.717) is 32.1 Å². The number of aliphatic hydroxyl groups excluding tert-OH is 3. The van der Waals surface area contributed by atoms with Crippen molar-refractivity contribution in [1.82, 2.24) is 5.06 Å². The third-order valence-electron chi connectivity index (χ3n) is 9.19. The topological polar surface area (TPSA) is 254 Å². The highest BCUT2D eigenvalue weighted by molar-refractivity contribution is 7.88.